The van der Waals surface area contributed by atoms with Crippen LogP contribution in [0.25, 0.3) is 0 Å². The summed E-state index contributed by atoms with van der Waals surface area (Å²) in [6, 6.07) is 3.24. The molecule has 0 spiro atoms. The number of hydrogen-bond acceptors (Lipinski definition) is 11. The van der Waals surface area contributed by atoms with Crippen molar-refractivity contribution in [3.05, 3.63) is 33.1 Å². The first-order valence-electron chi connectivity index (χ1n) is 13.1. The summed E-state index contributed by atoms with van der Waals surface area (Å²) in [5, 5.41) is 11.9. The van der Waals surface area contributed by atoms with Gasteiger partial charge >= 0.3 is 5.69 Å². The Kier molecular flexibility index (Phi) is 14.8. The molecule has 226 valence electrons. The summed E-state index contributed by atoms with van der Waals surface area (Å²) in [5.41, 5.74) is -1.30. The molecule has 1 aliphatic rings. The molecule has 1 aromatic rings. The molecule has 1 saturated heterocycles. The number of carbonyl (C=O) groups is 1. The predicted molar refractivity (Wildman–Crippen MR) is 149 cm³/mol. The minimum Gasteiger partial charge on any atom is -0.374 e. The van der Waals surface area contributed by atoms with E-state index in [0.717, 1.165) is 4.57 Å². The zero-order chi connectivity index (χ0) is 29.8. The van der Waals surface area contributed by atoms with Crippen LogP contribution >= 0.6 is 16.9 Å². The maximum absolute atomic E-state index is 13.5. The Morgan fingerprint density at radius 1 is 1.18 bits per heavy atom. The number of nitrogens with one attached hydrogen (secondary N) is 2. The summed E-state index contributed by atoms with van der Waals surface area (Å²) in [5.74, 6) is -0.522. The standard InChI is InChI=1S/C24H41N5O9P2/c1-8-34-39(35-9-2)15-26-22(31)20-19(38-40(36-14-10-12-25)29(16(3)4)17(5)6)21(33-7)23(37-20)28-13-11-18(30)27-24(28)32/h11,13,16-17,19-21,23H,8-10,14-15H2,1-7H3,(H,26,31)(H,27,30,32). The van der Waals surface area contributed by atoms with Crippen LogP contribution in [-0.2, 0) is 32.4 Å². The number of rotatable bonds is 17. The number of amides is 1. The van der Waals surface area contributed by atoms with Crippen LogP contribution in [0.3, 0.4) is 0 Å². The van der Waals surface area contributed by atoms with E-state index in [1.54, 1.807) is 0 Å². The van der Waals surface area contributed by atoms with E-state index in [1.165, 1.54) is 19.4 Å². The molecule has 14 nitrogen and oxygen atoms in total. The maximum Gasteiger partial charge on any atom is 0.330 e. The van der Waals surface area contributed by atoms with Gasteiger partial charge in [-0.3, -0.25) is 19.1 Å². The molecule has 0 saturated carbocycles. The lowest BCUT2D eigenvalue weighted by molar-refractivity contribution is -0.137. The molecule has 16 heteroatoms. The van der Waals surface area contributed by atoms with Crippen molar-refractivity contribution in [2.24, 2.45) is 0 Å². The van der Waals surface area contributed by atoms with Gasteiger partial charge in [0.05, 0.1) is 38.6 Å². The van der Waals surface area contributed by atoms with Crippen molar-refractivity contribution in [3.63, 3.8) is 0 Å². The number of H-pyrrole nitrogens is 1. The van der Waals surface area contributed by atoms with E-state index in [4.69, 9.17) is 32.8 Å². The zero-order valence-corrected chi connectivity index (χ0v) is 25.9. The summed E-state index contributed by atoms with van der Waals surface area (Å²) in [4.78, 5) is 40.0. The summed E-state index contributed by atoms with van der Waals surface area (Å²) in [6.45, 7) is 12.6. The molecule has 1 aliphatic heterocycles. The SMILES string of the molecule is CCOP(CNC(=O)C1OC(n2ccc(=O)[nH]c2=O)C(OC)C1OP(OCCC#N)N(C(C)C)C(C)C)OCC. The number of hydrogen-bond donors (Lipinski definition) is 2. The lowest BCUT2D eigenvalue weighted by Gasteiger charge is -2.38. The number of methoxy groups -OCH3 is 1. The first kappa shape index (κ1) is 34.4. The second-order valence-electron chi connectivity index (χ2n) is 9.15. The van der Waals surface area contributed by atoms with Gasteiger partial charge in [0.1, 0.15) is 12.2 Å². The molecule has 1 amide bonds. The van der Waals surface area contributed by atoms with E-state index >= 15 is 0 Å². The summed E-state index contributed by atoms with van der Waals surface area (Å²) < 4.78 is 38.7. The van der Waals surface area contributed by atoms with Crippen LogP contribution in [0.2, 0.25) is 0 Å². The largest absolute Gasteiger partial charge is 0.374 e. The molecule has 2 N–H and O–H groups in total. The van der Waals surface area contributed by atoms with Gasteiger partial charge in [0.15, 0.2) is 20.7 Å². The van der Waals surface area contributed by atoms with Crippen LogP contribution in [0.1, 0.15) is 54.2 Å². The number of ether oxygens (including phenoxy) is 2. The molecule has 5 atom stereocenters. The number of carbonyl (C=O) groups excluding carboxylic acids is 1. The molecular formula is C24H41N5O9P2. The van der Waals surface area contributed by atoms with Gasteiger partial charge in [-0.05, 0) is 41.5 Å². The van der Waals surface area contributed by atoms with Crippen LogP contribution in [0.4, 0.5) is 0 Å². The lowest BCUT2D eigenvalue weighted by Crippen LogP contribution is -2.46. The Balaban J connectivity index is 2.46. The molecule has 2 heterocycles. The first-order valence-corrected chi connectivity index (χ1v) is 15.6. The van der Waals surface area contributed by atoms with Gasteiger partial charge in [-0.1, -0.05) is 0 Å². The average molecular weight is 606 g/mol. The van der Waals surface area contributed by atoms with Gasteiger partial charge in [-0.2, -0.15) is 5.26 Å². The van der Waals surface area contributed by atoms with Crippen molar-refractivity contribution in [1.82, 2.24) is 19.5 Å². The Morgan fingerprint density at radius 2 is 1.82 bits per heavy atom. The topological polar surface area (TPSA) is 166 Å². The summed E-state index contributed by atoms with van der Waals surface area (Å²) >= 11 is 0. The van der Waals surface area contributed by atoms with Gasteiger partial charge < -0.3 is 32.9 Å². The smallest absolute Gasteiger partial charge is 0.330 e. The first-order chi connectivity index (χ1) is 19.1. The van der Waals surface area contributed by atoms with Crippen LogP contribution in [0.5, 0.6) is 0 Å². The number of nitrogens with zero attached hydrogens (tertiary/aromatic N) is 3. The maximum atomic E-state index is 13.5. The minimum atomic E-state index is -1.79. The van der Waals surface area contributed by atoms with Crippen LogP contribution in [0.15, 0.2) is 21.9 Å². The highest BCUT2D eigenvalue weighted by molar-refractivity contribution is 7.47. The summed E-state index contributed by atoms with van der Waals surface area (Å²) in [6.07, 6.45) is -2.74. The van der Waals surface area contributed by atoms with Gasteiger partial charge in [-0.15, -0.1) is 0 Å². The highest BCUT2D eigenvalue weighted by Crippen LogP contribution is 2.50. The molecule has 5 unspecified atom stereocenters. The molecule has 1 fully saturated rings. The second-order valence-corrected chi connectivity index (χ2v) is 12.1. The Bertz CT molecular complexity index is 1070. The van der Waals surface area contributed by atoms with E-state index in [0.29, 0.717) is 13.2 Å². The predicted octanol–water partition coefficient (Wildman–Crippen LogP) is 2.57. The second kappa shape index (κ2) is 17.2. The Labute approximate surface area is 237 Å². The van der Waals surface area contributed by atoms with Crippen LogP contribution < -0.4 is 16.6 Å². The van der Waals surface area contributed by atoms with Crippen molar-refractivity contribution in [1.29, 1.82) is 5.26 Å². The molecule has 1 aromatic heterocycles. The molecule has 0 aromatic carbocycles. The highest BCUT2D eigenvalue weighted by atomic mass is 31.2. The molecule has 2 rings (SSSR count). The fourth-order valence-corrected chi connectivity index (χ4v) is 6.99. The Morgan fingerprint density at radius 3 is 2.35 bits per heavy atom. The zero-order valence-electron chi connectivity index (χ0n) is 24.1. The van der Waals surface area contributed by atoms with Crippen molar-refractivity contribution in [3.8, 4) is 6.07 Å². The minimum absolute atomic E-state index is 0.00217. The third-order valence-corrected chi connectivity index (χ3v) is 9.28. The van der Waals surface area contributed by atoms with Gasteiger partial charge in [0.25, 0.3) is 20.0 Å². The van der Waals surface area contributed by atoms with Crippen LogP contribution in [-0.4, -0.2) is 83.7 Å². The number of aromatic amines is 1. The van der Waals surface area contributed by atoms with Crippen molar-refractivity contribution < 1.29 is 32.4 Å². The number of aromatic nitrogens is 2. The van der Waals surface area contributed by atoms with E-state index in [2.05, 4.69) is 16.4 Å². The normalized spacial score (nSPS) is 21.9. The number of nitriles is 1. The quantitative estimate of drug-likeness (QED) is 0.198. The molecule has 0 aliphatic carbocycles. The molecular weight excluding hydrogens is 564 g/mol. The monoisotopic (exact) mass is 605 g/mol. The van der Waals surface area contributed by atoms with Gasteiger partial charge in [0.2, 0.25) is 0 Å². The van der Waals surface area contributed by atoms with E-state index in [1.807, 2.05) is 46.2 Å². The van der Waals surface area contributed by atoms with Crippen molar-refractivity contribution >= 4 is 22.8 Å². The fraction of sp³-hybridized carbons (Fsp3) is 0.750. The third-order valence-electron chi connectivity index (χ3n) is 5.65. The van der Waals surface area contributed by atoms with Crippen molar-refractivity contribution in [2.45, 2.75) is 84.6 Å². The molecule has 0 bridgehead atoms. The average Bonchev–Trinajstić information content (AvgIpc) is 3.24. The lowest BCUT2D eigenvalue weighted by atomic mass is 10.1. The Hall–Kier alpha value is -1.78. The highest BCUT2D eigenvalue weighted by Gasteiger charge is 2.52. The molecule has 40 heavy (non-hydrogen) atoms. The van der Waals surface area contributed by atoms with Gasteiger partial charge in [0, 0.05) is 31.5 Å². The van der Waals surface area contributed by atoms with Gasteiger partial charge in [-0.25, -0.2) is 9.46 Å². The third kappa shape index (κ3) is 9.38. The fourth-order valence-electron chi connectivity index (χ4n) is 4.13. The molecule has 0 radical (unpaired) electrons. The van der Waals surface area contributed by atoms with E-state index in [9.17, 15) is 14.4 Å². The van der Waals surface area contributed by atoms with E-state index < -0.39 is 58.6 Å². The van der Waals surface area contributed by atoms with E-state index in [-0.39, 0.29) is 31.4 Å². The summed E-state index contributed by atoms with van der Waals surface area (Å²) in [7, 11) is -1.74. The van der Waals surface area contributed by atoms with Crippen molar-refractivity contribution in [2.75, 3.05) is 33.2 Å². The van der Waals surface area contributed by atoms with Crippen LogP contribution in [0, 0.1) is 11.3 Å².